The molecule has 0 aromatic heterocycles. The number of fused-ring (bicyclic) bond motifs is 1. The van der Waals surface area contributed by atoms with E-state index in [4.69, 9.17) is 15.2 Å². The lowest BCUT2D eigenvalue weighted by molar-refractivity contribution is -0.138. The van der Waals surface area contributed by atoms with E-state index in [2.05, 4.69) is 0 Å². The van der Waals surface area contributed by atoms with Crippen molar-refractivity contribution < 1.29 is 22.6 Å². The molecule has 1 aliphatic rings. The van der Waals surface area contributed by atoms with Gasteiger partial charge in [0.15, 0.2) is 11.5 Å². The number of rotatable bonds is 2. The molecular weight excluding hydrogens is 223 g/mol. The van der Waals surface area contributed by atoms with Gasteiger partial charge in [-0.3, -0.25) is 0 Å². The standard InChI is InChI=1S/C10H10F3NO2/c11-10(12,13)4-7(14)6-1-2-8-9(3-6)16-5-15-8/h1-3,7H,4-5,14H2/t7-/m0/s1. The maximum absolute atomic E-state index is 12.1. The Hall–Kier alpha value is -1.43. The fourth-order valence-corrected chi connectivity index (χ4v) is 1.51. The van der Waals surface area contributed by atoms with Gasteiger partial charge in [-0.05, 0) is 17.7 Å². The number of alkyl halides is 3. The van der Waals surface area contributed by atoms with Crippen molar-refractivity contribution in [1.82, 2.24) is 0 Å². The number of ether oxygens (including phenoxy) is 2. The first-order valence-corrected chi connectivity index (χ1v) is 4.67. The quantitative estimate of drug-likeness (QED) is 0.852. The van der Waals surface area contributed by atoms with Crippen molar-refractivity contribution in [2.75, 3.05) is 6.79 Å². The van der Waals surface area contributed by atoms with E-state index in [1.807, 2.05) is 0 Å². The van der Waals surface area contributed by atoms with Crippen LogP contribution in [0.5, 0.6) is 11.5 Å². The fourth-order valence-electron chi connectivity index (χ4n) is 1.51. The van der Waals surface area contributed by atoms with E-state index in [-0.39, 0.29) is 6.79 Å². The highest BCUT2D eigenvalue weighted by Gasteiger charge is 2.31. The van der Waals surface area contributed by atoms with Crippen molar-refractivity contribution in [3.8, 4) is 11.5 Å². The van der Waals surface area contributed by atoms with Gasteiger partial charge in [-0.25, -0.2) is 0 Å². The first kappa shape index (κ1) is 11.1. The highest BCUT2D eigenvalue weighted by Crippen LogP contribution is 2.36. The van der Waals surface area contributed by atoms with Crippen molar-refractivity contribution in [3.63, 3.8) is 0 Å². The zero-order valence-electron chi connectivity index (χ0n) is 8.25. The van der Waals surface area contributed by atoms with E-state index >= 15 is 0 Å². The molecule has 0 saturated heterocycles. The molecule has 1 aromatic rings. The van der Waals surface area contributed by atoms with Gasteiger partial charge in [-0.2, -0.15) is 13.2 Å². The maximum Gasteiger partial charge on any atom is 0.390 e. The molecule has 0 saturated carbocycles. The van der Waals surface area contributed by atoms with Gasteiger partial charge < -0.3 is 15.2 Å². The maximum atomic E-state index is 12.1. The van der Waals surface area contributed by atoms with Crippen LogP contribution in [0.4, 0.5) is 13.2 Å². The number of nitrogens with two attached hydrogens (primary N) is 1. The molecule has 16 heavy (non-hydrogen) atoms. The van der Waals surface area contributed by atoms with Crippen molar-refractivity contribution in [3.05, 3.63) is 23.8 Å². The molecule has 6 heteroatoms. The summed E-state index contributed by atoms with van der Waals surface area (Å²) in [6, 6.07) is 3.49. The van der Waals surface area contributed by atoms with Crippen LogP contribution in [0, 0.1) is 0 Å². The van der Waals surface area contributed by atoms with Gasteiger partial charge in [0.25, 0.3) is 0 Å². The highest BCUT2D eigenvalue weighted by molar-refractivity contribution is 5.45. The molecule has 2 rings (SSSR count). The van der Waals surface area contributed by atoms with E-state index < -0.39 is 18.6 Å². The predicted octanol–water partition coefficient (Wildman–Crippen LogP) is 2.37. The molecule has 0 amide bonds. The lowest BCUT2D eigenvalue weighted by Crippen LogP contribution is -2.20. The normalized spacial score (nSPS) is 16.2. The van der Waals surface area contributed by atoms with Gasteiger partial charge in [-0.15, -0.1) is 0 Å². The summed E-state index contributed by atoms with van der Waals surface area (Å²) in [7, 11) is 0. The second-order valence-electron chi connectivity index (χ2n) is 3.54. The van der Waals surface area contributed by atoms with E-state index in [9.17, 15) is 13.2 Å². The molecule has 0 aliphatic carbocycles. The van der Waals surface area contributed by atoms with Gasteiger partial charge in [-0.1, -0.05) is 6.07 Å². The van der Waals surface area contributed by atoms with Gasteiger partial charge in [0.1, 0.15) is 0 Å². The molecule has 1 aliphatic heterocycles. The molecule has 1 heterocycles. The molecule has 0 bridgehead atoms. The third-order valence-electron chi connectivity index (χ3n) is 2.28. The second kappa shape index (κ2) is 3.86. The van der Waals surface area contributed by atoms with Gasteiger partial charge in [0.05, 0.1) is 6.42 Å². The van der Waals surface area contributed by atoms with Crippen LogP contribution in [0.25, 0.3) is 0 Å². The summed E-state index contributed by atoms with van der Waals surface area (Å²) in [5, 5.41) is 0. The zero-order chi connectivity index (χ0) is 11.8. The molecule has 1 aromatic carbocycles. The second-order valence-corrected chi connectivity index (χ2v) is 3.54. The van der Waals surface area contributed by atoms with Crippen LogP contribution in [0.1, 0.15) is 18.0 Å². The van der Waals surface area contributed by atoms with E-state index in [1.54, 1.807) is 6.07 Å². The van der Waals surface area contributed by atoms with Crippen LogP contribution >= 0.6 is 0 Å². The van der Waals surface area contributed by atoms with E-state index in [0.717, 1.165) is 0 Å². The minimum Gasteiger partial charge on any atom is -0.454 e. The Labute approximate surface area is 89.9 Å². The monoisotopic (exact) mass is 233 g/mol. The fraction of sp³-hybridized carbons (Fsp3) is 0.400. The van der Waals surface area contributed by atoms with Crippen molar-refractivity contribution in [2.24, 2.45) is 5.73 Å². The topological polar surface area (TPSA) is 44.5 Å². The Kier molecular flexibility index (Phi) is 2.67. The largest absolute Gasteiger partial charge is 0.454 e. The molecule has 2 N–H and O–H groups in total. The predicted molar refractivity (Wildman–Crippen MR) is 50.2 cm³/mol. The van der Waals surface area contributed by atoms with Crippen molar-refractivity contribution in [1.29, 1.82) is 0 Å². The Balaban J connectivity index is 2.15. The first-order chi connectivity index (χ1) is 7.46. The summed E-state index contributed by atoms with van der Waals surface area (Å²) in [5.74, 6) is 0.970. The van der Waals surface area contributed by atoms with Crippen molar-refractivity contribution >= 4 is 0 Å². The molecule has 0 fully saturated rings. The molecule has 0 radical (unpaired) electrons. The number of halogens is 3. The average Bonchev–Trinajstić information content (AvgIpc) is 2.61. The molecule has 0 unspecified atom stereocenters. The summed E-state index contributed by atoms with van der Waals surface area (Å²) in [6.45, 7) is 0.0906. The summed E-state index contributed by atoms with van der Waals surface area (Å²) >= 11 is 0. The van der Waals surface area contributed by atoms with Gasteiger partial charge in [0.2, 0.25) is 6.79 Å². The van der Waals surface area contributed by atoms with Gasteiger partial charge in [0, 0.05) is 6.04 Å². The minimum atomic E-state index is -4.27. The Morgan fingerprint density at radius 1 is 1.25 bits per heavy atom. The smallest absolute Gasteiger partial charge is 0.390 e. The minimum absolute atomic E-state index is 0.0906. The zero-order valence-corrected chi connectivity index (χ0v) is 8.25. The molecule has 88 valence electrons. The molecule has 1 atom stereocenters. The lowest BCUT2D eigenvalue weighted by atomic mass is 10.0. The first-order valence-electron chi connectivity index (χ1n) is 4.67. The van der Waals surface area contributed by atoms with Crippen LogP contribution in [0.3, 0.4) is 0 Å². The van der Waals surface area contributed by atoms with E-state index in [1.165, 1.54) is 12.1 Å². The third-order valence-corrected chi connectivity index (χ3v) is 2.28. The van der Waals surface area contributed by atoms with Gasteiger partial charge >= 0.3 is 6.18 Å². The number of hydrogen-bond acceptors (Lipinski definition) is 3. The summed E-state index contributed by atoms with van der Waals surface area (Å²) in [5.41, 5.74) is 5.85. The molecule has 3 nitrogen and oxygen atoms in total. The molecule has 0 spiro atoms. The van der Waals surface area contributed by atoms with Crippen LogP contribution < -0.4 is 15.2 Å². The average molecular weight is 233 g/mol. The Bertz CT molecular complexity index is 392. The SMILES string of the molecule is N[C@@H](CC(F)(F)F)c1ccc2c(c1)OCO2. The number of hydrogen-bond donors (Lipinski definition) is 1. The summed E-state index contributed by atoms with van der Waals surface area (Å²) in [6.07, 6.45) is -5.32. The molecular formula is C10H10F3NO2. The third kappa shape index (κ3) is 2.38. The van der Waals surface area contributed by atoms with Crippen LogP contribution in [-0.2, 0) is 0 Å². The van der Waals surface area contributed by atoms with Crippen LogP contribution in [0.2, 0.25) is 0 Å². The summed E-state index contributed by atoms with van der Waals surface area (Å²) < 4.78 is 46.5. The Morgan fingerprint density at radius 2 is 1.94 bits per heavy atom. The summed E-state index contributed by atoms with van der Waals surface area (Å²) in [4.78, 5) is 0. The van der Waals surface area contributed by atoms with Crippen LogP contribution in [0.15, 0.2) is 18.2 Å². The van der Waals surface area contributed by atoms with Crippen LogP contribution in [-0.4, -0.2) is 13.0 Å². The van der Waals surface area contributed by atoms with E-state index in [0.29, 0.717) is 17.1 Å². The van der Waals surface area contributed by atoms with Crippen molar-refractivity contribution in [2.45, 2.75) is 18.6 Å². The lowest BCUT2D eigenvalue weighted by Gasteiger charge is -2.14. The Morgan fingerprint density at radius 3 is 2.62 bits per heavy atom. The number of benzene rings is 1. The highest BCUT2D eigenvalue weighted by atomic mass is 19.4.